The summed E-state index contributed by atoms with van der Waals surface area (Å²) in [5.74, 6) is -0.357. The number of benzene rings is 2. The van der Waals surface area contributed by atoms with E-state index in [1.54, 1.807) is 30.3 Å². The second-order valence-corrected chi connectivity index (χ2v) is 5.36. The molecule has 0 aliphatic heterocycles. The minimum Gasteiger partial charge on any atom is -0.484 e. The van der Waals surface area contributed by atoms with Gasteiger partial charge in [-0.15, -0.1) is 0 Å². The van der Waals surface area contributed by atoms with Crippen molar-refractivity contribution >= 4 is 23.4 Å². The Labute approximate surface area is 139 Å². The third kappa shape index (κ3) is 5.64. The second-order valence-electron chi connectivity index (χ2n) is 4.92. The van der Waals surface area contributed by atoms with Crippen molar-refractivity contribution in [3.05, 3.63) is 64.7 Å². The molecule has 0 aliphatic carbocycles. The molecule has 5 nitrogen and oxygen atoms in total. The Morgan fingerprint density at radius 3 is 2.65 bits per heavy atom. The van der Waals surface area contributed by atoms with Crippen LogP contribution in [0.25, 0.3) is 0 Å². The number of nitrogens with one attached hydrogen (secondary N) is 1. The van der Waals surface area contributed by atoms with Crippen LogP contribution in [-0.2, 0) is 11.2 Å². The molecule has 0 bridgehead atoms. The van der Waals surface area contributed by atoms with E-state index in [4.69, 9.17) is 22.1 Å². The van der Waals surface area contributed by atoms with Crippen LogP contribution in [0.3, 0.4) is 0 Å². The van der Waals surface area contributed by atoms with E-state index in [-0.39, 0.29) is 12.5 Å². The lowest BCUT2D eigenvalue weighted by Gasteiger charge is -2.08. The van der Waals surface area contributed by atoms with Gasteiger partial charge in [-0.05, 0) is 42.3 Å². The van der Waals surface area contributed by atoms with Crippen LogP contribution in [0, 0.1) is 0 Å². The molecule has 0 saturated heterocycles. The third-order valence-electron chi connectivity index (χ3n) is 3.07. The highest BCUT2D eigenvalue weighted by Gasteiger charge is 2.07. The number of carbonyl (C=O) groups excluding carboxylic acids is 2. The molecule has 2 amide bonds. The number of rotatable bonds is 7. The van der Waals surface area contributed by atoms with Crippen molar-refractivity contribution in [3.8, 4) is 5.75 Å². The molecule has 6 heteroatoms. The number of primary amides is 1. The molecule has 0 heterocycles. The van der Waals surface area contributed by atoms with E-state index >= 15 is 0 Å². The first-order valence-electron chi connectivity index (χ1n) is 7.08. The smallest absolute Gasteiger partial charge is 0.255 e. The fraction of sp³-hybridized carbons (Fsp3) is 0.176. The summed E-state index contributed by atoms with van der Waals surface area (Å²) < 4.78 is 5.18. The van der Waals surface area contributed by atoms with Gasteiger partial charge >= 0.3 is 0 Å². The number of ether oxygens (including phenoxy) is 1. The average molecular weight is 333 g/mol. The average Bonchev–Trinajstić information content (AvgIpc) is 2.53. The molecule has 0 atom stereocenters. The van der Waals surface area contributed by atoms with E-state index in [0.717, 1.165) is 5.56 Å². The van der Waals surface area contributed by atoms with Gasteiger partial charge in [-0.25, -0.2) is 0 Å². The van der Waals surface area contributed by atoms with Gasteiger partial charge in [0.25, 0.3) is 11.8 Å². The number of hydrogen-bond donors (Lipinski definition) is 2. The molecule has 2 rings (SSSR count). The van der Waals surface area contributed by atoms with Gasteiger partial charge in [0, 0.05) is 17.1 Å². The standard InChI is InChI=1S/C17H17ClN2O3/c18-14-5-1-3-12(9-14)7-8-20-17(22)13-4-2-6-15(10-13)23-11-16(19)21/h1-6,9-10H,7-8,11H2,(H2,19,21)(H,20,22). The molecule has 120 valence electrons. The summed E-state index contributed by atoms with van der Waals surface area (Å²) in [5.41, 5.74) is 6.53. The Bertz CT molecular complexity index is 704. The molecule has 2 aromatic rings. The maximum atomic E-state index is 12.1. The zero-order valence-electron chi connectivity index (χ0n) is 12.4. The highest BCUT2D eigenvalue weighted by Crippen LogP contribution is 2.13. The lowest BCUT2D eigenvalue weighted by molar-refractivity contribution is -0.119. The van der Waals surface area contributed by atoms with Crippen LogP contribution in [0.5, 0.6) is 5.75 Å². The first-order chi connectivity index (χ1) is 11.0. The van der Waals surface area contributed by atoms with Crippen molar-refractivity contribution in [2.75, 3.05) is 13.2 Å². The van der Waals surface area contributed by atoms with Gasteiger partial charge in [0.15, 0.2) is 6.61 Å². The molecule has 0 unspecified atom stereocenters. The summed E-state index contributed by atoms with van der Waals surface area (Å²) in [4.78, 5) is 22.8. The molecule has 3 N–H and O–H groups in total. The van der Waals surface area contributed by atoms with Gasteiger partial charge in [0.1, 0.15) is 5.75 Å². The Kier molecular flexibility index (Phi) is 6.00. The fourth-order valence-electron chi connectivity index (χ4n) is 2.00. The van der Waals surface area contributed by atoms with Gasteiger partial charge in [0.05, 0.1) is 0 Å². The normalized spacial score (nSPS) is 10.1. The maximum absolute atomic E-state index is 12.1. The van der Waals surface area contributed by atoms with Crippen LogP contribution >= 0.6 is 11.6 Å². The molecule has 23 heavy (non-hydrogen) atoms. The van der Waals surface area contributed by atoms with Crippen molar-refractivity contribution in [1.29, 1.82) is 0 Å². The summed E-state index contributed by atoms with van der Waals surface area (Å²) in [5, 5.41) is 3.50. The Morgan fingerprint density at radius 2 is 1.91 bits per heavy atom. The van der Waals surface area contributed by atoms with Crippen molar-refractivity contribution in [2.45, 2.75) is 6.42 Å². The number of nitrogens with two attached hydrogens (primary N) is 1. The van der Waals surface area contributed by atoms with Crippen LogP contribution < -0.4 is 15.8 Å². The van der Waals surface area contributed by atoms with Crippen molar-refractivity contribution in [1.82, 2.24) is 5.32 Å². The maximum Gasteiger partial charge on any atom is 0.255 e. The van der Waals surface area contributed by atoms with Crippen LogP contribution in [0.2, 0.25) is 5.02 Å². The van der Waals surface area contributed by atoms with E-state index in [9.17, 15) is 9.59 Å². The number of halogens is 1. The minimum absolute atomic E-state index is 0.212. The van der Waals surface area contributed by atoms with Crippen molar-refractivity contribution in [2.24, 2.45) is 5.73 Å². The largest absolute Gasteiger partial charge is 0.484 e. The summed E-state index contributed by atoms with van der Waals surface area (Å²) in [7, 11) is 0. The number of carbonyl (C=O) groups is 2. The molecule has 0 radical (unpaired) electrons. The molecular weight excluding hydrogens is 316 g/mol. The second kappa shape index (κ2) is 8.19. The first-order valence-corrected chi connectivity index (χ1v) is 7.46. The van der Waals surface area contributed by atoms with Gasteiger partial charge in [-0.3, -0.25) is 9.59 Å². The molecule has 2 aromatic carbocycles. The van der Waals surface area contributed by atoms with Crippen molar-refractivity contribution < 1.29 is 14.3 Å². The molecule has 0 saturated carbocycles. The first kappa shape index (κ1) is 16.8. The molecule has 0 spiro atoms. The topological polar surface area (TPSA) is 81.4 Å². The minimum atomic E-state index is -0.568. The van der Waals surface area contributed by atoms with Crippen LogP contribution in [0.4, 0.5) is 0 Å². The monoisotopic (exact) mass is 332 g/mol. The predicted molar refractivity (Wildman–Crippen MR) is 88.6 cm³/mol. The van der Waals surface area contributed by atoms with E-state index in [2.05, 4.69) is 5.32 Å². The summed E-state index contributed by atoms with van der Waals surface area (Å²) in [6.45, 7) is 0.269. The highest BCUT2D eigenvalue weighted by atomic mass is 35.5. The quantitative estimate of drug-likeness (QED) is 0.815. The van der Waals surface area contributed by atoms with Crippen LogP contribution in [0.1, 0.15) is 15.9 Å². The van der Waals surface area contributed by atoms with Gasteiger partial charge < -0.3 is 15.8 Å². The predicted octanol–water partition coefficient (Wildman–Crippen LogP) is 2.18. The van der Waals surface area contributed by atoms with Crippen LogP contribution in [-0.4, -0.2) is 25.0 Å². The summed E-state index contributed by atoms with van der Waals surface area (Å²) in [6, 6.07) is 14.1. The Morgan fingerprint density at radius 1 is 1.13 bits per heavy atom. The Hall–Kier alpha value is -2.53. The van der Waals surface area contributed by atoms with E-state index in [0.29, 0.717) is 29.3 Å². The zero-order chi connectivity index (χ0) is 16.7. The van der Waals surface area contributed by atoms with E-state index in [1.165, 1.54) is 0 Å². The number of hydrogen-bond acceptors (Lipinski definition) is 3. The molecule has 0 fully saturated rings. The fourth-order valence-corrected chi connectivity index (χ4v) is 2.21. The molecule has 0 aliphatic rings. The van der Waals surface area contributed by atoms with E-state index in [1.807, 2.05) is 18.2 Å². The highest BCUT2D eigenvalue weighted by molar-refractivity contribution is 6.30. The zero-order valence-corrected chi connectivity index (χ0v) is 13.2. The molecular formula is C17H17ClN2O3. The van der Waals surface area contributed by atoms with Crippen molar-refractivity contribution in [3.63, 3.8) is 0 Å². The summed E-state index contributed by atoms with van der Waals surface area (Å²) in [6.07, 6.45) is 0.685. The van der Waals surface area contributed by atoms with Gasteiger partial charge in [-0.1, -0.05) is 29.8 Å². The summed E-state index contributed by atoms with van der Waals surface area (Å²) >= 11 is 5.92. The van der Waals surface area contributed by atoms with E-state index < -0.39 is 5.91 Å². The lowest BCUT2D eigenvalue weighted by atomic mass is 10.1. The lowest BCUT2D eigenvalue weighted by Crippen LogP contribution is -2.25. The Balaban J connectivity index is 1.87. The van der Waals surface area contributed by atoms with Crippen LogP contribution in [0.15, 0.2) is 48.5 Å². The van der Waals surface area contributed by atoms with Gasteiger partial charge in [-0.2, -0.15) is 0 Å². The molecule has 0 aromatic heterocycles. The SMILES string of the molecule is NC(=O)COc1cccc(C(=O)NCCc2cccc(Cl)c2)c1. The number of amides is 2. The van der Waals surface area contributed by atoms with Gasteiger partial charge in [0.2, 0.25) is 0 Å². The third-order valence-corrected chi connectivity index (χ3v) is 3.30.